The van der Waals surface area contributed by atoms with E-state index in [0.717, 1.165) is 0 Å². The van der Waals surface area contributed by atoms with Crippen LogP contribution in [0.2, 0.25) is 0 Å². The summed E-state index contributed by atoms with van der Waals surface area (Å²) in [4.78, 5) is 79.9. The predicted octanol–water partition coefficient (Wildman–Crippen LogP) is 0.385. The quantitative estimate of drug-likeness (QED) is 0.199. The van der Waals surface area contributed by atoms with Gasteiger partial charge in [0.15, 0.2) is 11.4 Å². The van der Waals surface area contributed by atoms with Crippen LogP contribution >= 0.6 is 0 Å². The van der Waals surface area contributed by atoms with E-state index in [2.05, 4.69) is 0 Å². The van der Waals surface area contributed by atoms with E-state index in [1.807, 2.05) is 6.92 Å². The molecule has 7 aliphatic rings. The molecule has 0 bridgehead atoms. The fourth-order valence-electron chi connectivity index (χ4n) is 12.2. The van der Waals surface area contributed by atoms with Crippen LogP contribution in [-0.2, 0) is 57.2 Å². The van der Waals surface area contributed by atoms with Gasteiger partial charge in [0.2, 0.25) is 0 Å². The number of epoxide rings is 1. The number of hydrogen-bond donors (Lipinski definition) is 3. The Hall–Kier alpha value is -3.40. The average molecular weight is 719 g/mol. The molecule has 2 aliphatic heterocycles. The van der Waals surface area contributed by atoms with Gasteiger partial charge in [-0.1, -0.05) is 20.8 Å². The lowest BCUT2D eigenvalue weighted by Gasteiger charge is -2.65. The van der Waals surface area contributed by atoms with E-state index in [4.69, 9.17) is 28.4 Å². The van der Waals surface area contributed by atoms with Crippen molar-refractivity contribution in [2.45, 2.75) is 110 Å². The number of carbonyl (C=O) groups excluding carboxylic acids is 6. The third-order valence-corrected chi connectivity index (χ3v) is 14.2. The fraction of sp³-hybridized carbons (Fsp3) is 0.778. The highest BCUT2D eigenvalue weighted by Gasteiger charge is 2.83. The Morgan fingerprint density at radius 3 is 2.02 bits per heavy atom. The molecule has 4 saturated carbocycles. The zero-order chi connectivity index (χ0) is 37.5. The molecule has 2 heterocycles. The van der Waals surface area contributed by atoms with Crippen LogP contribution in [0, 0.1) is 57.7 Å². The summed E-state index contributed by atoms with van der Waals surface area (Å²) in [6.45, 7) is 10.8. The summed E-state index contributed by atoms with van der Waals surface area (Å²) in [6, 6.07) is 0. The highest BCUT2D eigenvalue weighted by atomic mass is 16.6. The van der Waals surface area contributed by atoms with Gasteiger partial charge in [-0.05, 0) is 38.2 Å². The minimum atomic E-state index is -2.14. The second kappa shape index (κ2) is 11.3. The maximum Gasteiger partial charge on any atom is 0.343 e. The van der Waals surface area contributed by atoms with E-state index in [1.54, 1.807) is 26.8 Å². The third-order valence-electron chi connectivity index (χ3n) is 14.2. The van der Waals surface area contributed by atoms with Crippen LogP contribution in [-0.4, -0.2) is 106 Å². The Labute approximate surface area is 294 Å². The van der Waals surface area contributed by atoms with Gasteiger partial charge in [0.25, 0.3) is 0 Å². The molecule has 3 N–H and O–H groups in total. The summed E-state index contributed by atoms with van der Waals surface area (Å²) in [5, 5.41) is 34.2. The summed E-state index contributed by atoms with van der Waals surface area (Å²) in [7, 11) is 0. The SMILES string of the molecule is CC(=O)O[C@@H]1[C@@H]2[C@H]3[C@H]([C@H](OC(=O)CO)[C@H](OC(C)=O)[C@]2(C)[C@@H]2[C@@H]1[C@]1(C)C(=C[C@H]2C)OC(=O)[C@@]1(C)O)[C@]1(C)[C@H](C[C@@H]2O[C@@H]2[C@@H]1OC(C)=O)C(=O)[C@@H]3O. The molecular weight excluding hydrogens is 672 g/mol. The van der Waals surface area contributed by atoms with E-state index in [9.17, 15) is 44.1 Å². The number of rotatable bonds is 5. The predicted molar refractivity (Wildman–Crippen MR) is 167 cm³/mol. The van der Waals surface area contributed by atoms with Crippen molar-refractivity contribution >= 4 is 35.6 Å². The first-order valence-corrected chi connectivity index (χ1v) is 17.5. The summed E-state index contributed by atoms with van der Waals surface area (Å²) >= 11 is 0. The number of aliphatic hydroxyl groups excluding tert-OH is 2. The molecule has 15 heteroatoms. The monoisotopic (exact) mass is 718 g/mol. The van der Waals surface area contributed by atoms with Crippen LogP contribution < -0.4 is 0 Å². The van der Waals surface area contributed by atoms with Crippen LogP contribution in [0.1, 0.15) is 61.8 Å². The molecule has 0 spiro atoms. The van der Waals surface area contributed by atoms with Crippen LogP contribution in [0.25, 0.3) is 0 Å². The first-order chi connectivity index (χ1) is 23.7. The number of carbonyl (C=O) groups is 6. The maximum atomic E-state index is 14.5. The molecule has 0 aromatic carbocycles. The number of fused-ring (bicyclic) bond motifs is 10. The van der Waals surface area contributed by atoms with Crippen molar-refractivity contribution in [3.05, 3.63) is 11.8 Å². The molecule has 18 atom stereocenters. The number of ketones is 1. The molecule has 0 unspecified atom stereocenters. The summed E-state index contributed by atoms with van der Waals surface area (Å²) in [5.74, 6) is -11.0. The van der Waals surface area contributed by atoms with Crippen molar-refractivity contribution in [2.24, 2.45) is 57.7 Å². The van der Waals surface area contributed by atoms with E-state index >= 15 is 0 Å². The summed E-state index contributed by atoms with van der Waals surface area (Å²) in [6.07, 6.45) is -6.01. The Balaban J connectivity index is 1.54. The van der Waals surface area contributed by atoms with E-state index < -0.39 is 148 Å². The van der Waals surface area contributed by atoms with Gasteiger partial charge >= 0.3 is 29.8 Å². The molecule has 0 aromatic heterocycles. The lowest BCUT2D eigenvalue weighted by atomic mass is 9.41. The molecule has 0 amide bonds. The minimum absolute atomic E-state index is 0.168. The Morgan fingerprint density at radius 2 is 1.43 bits per heavy atom. The van der Waals surface area contributed by atoms with Crippen LogP contribution in [0.4, 0.5) is 0 Å². The number of esters is 5. The minimum Gasteiger partial charge on any atom is -0.462 e. The van der Waals surface area contributed by atoms with Gasteiger partial charge in [-0.15, -0.1) is 0 Å². The molecule has 5 aliphatic carbocycles. The first kappa shape index (κ1) is 36.0. The standard InChI is InChI=1S/C36H46O15/c1-12-9-18-35(7,36(8,45)32(44)50-18)24-21(12)34(6)22(28(24)46-13(2)38)20-23(29(51-19(41)11-37)31(34)48-15(4)40)33(5)16(25(42)26(20)43)10-17-27(49-17)30(33)47-14(3)39/h9,12,16-17,20-24,26-31,37,43,45H,10-11H2,1-8H3/t12-,16-,17+,20+,21+,22+,23-,24+,26-,27+,28-,29+,30+,31+,33+,34-,35+,36-/m1/s1. The van der Waals surface area contributed by atoms with Gasteiger partial charge in [0.1, 0.15) is 49.0 Å². The van der Waals surface area contributed by atoms with Gasteiger partial charge in [0, 0.05) is 61.2 Å². The van der Waals surface area contributed by atoms with E-state index in [0.29, 0.717) is 0 Å². The molecular formula is C36H46O15. The Kier molecular flexibility index (Phi) is 7.97. The van der Waals surface area contributed by atoms with Crippen molar-refractivity contribution in [3.63, 3.8) is 0 Å². The molecule has 15 nitrogen and oxygen atoms in total. The van der Waals surface area contributed by atoms with Crippen LogP contribution in [0.5, 0.6) is 0 Å². The van der Waals surface area contributed by atoms with Crippen molar-refractivity contribution in [1.82, 2.24) is 0 Å². The van der Waals surface area contributed by atoms with Crippen LogP contribution in [0.15, 0.2) is 11.8 Å². The lowest BCUT2D eigenvalue weighted by Crippen LogP contribution is -2.74. The number of ether oxygens (including phenoxy) is 6. The molecule has 2 saturated heterocycles. The highest BCUT2D eigenvalue weighted by molar-refractivity contribution is 5.88. The first-order valence-electron chi connectivity index (χ1n) is 17.5. The van der Waals surface area contributed by atoms with Gasteiger partial charge in [-0.2, -0.15) is 0 Å². The molecule has 7 rings (SSSR count). The lowest BCUT2D eigenvalue weighted by molar-refractivity contribution is -0.273. The zero-order valence-corrected chi connectivity index (χ0v) is 29.8. The second-order valence-electron chi connectivity index (χ2n) is 16.5. The average Bonchev–Trinajstić information content (AvgIpc) is 3.72. The Morgan fingerprint density at radius 1 is 0.843 bits per heavy atom. The fourth-order valence-corrected chi connectivity index (χ4v) is 12.2. The second-order valence-corrected chi connectivity index (χ2v) is 16.5. The van der Waals surface area contributed by atoms with Gasteiger partial charge < -0.3 is 43.7 Å². The van der Waals surface area contributed by atoms with Crippen LogP contribution in [0.3, 0.4) is 0 Å². The summed E-state index contributed by atoms with van der Waals surface area (Å²) in [5.41, 5.74) is -6.47. The summed E-state index contributed by atoms with van der Waals surface area (Å²) < 4.78 is 36.0. The van der Waals surface area contributed by atoms with Gasteiger partial charge in [-0.3, -0.25) is 19.2 Å². The van der Waals surface area contributed by atoms with Crippen molar-refractivity contribution < 1.29 is 72.5 Å². The molecule has 280 valence electrons. The van der Waals surface area contributed by atoms with Crippen molar-refractivity contribution in [2.75, 3.05) is 6.61 Å². The van der Waals surface area contributed by atoms with Gasteiger partial charge in [-0.25, -0.2) is 9.59 Å². The highest BCUT2D eigenvalue weighted by Crippen LogP contribution is 2.76. The Bertz CT molecular complexity index is 1630. The van der Waals surface area contributed by atoms with Crippen molar-refractivity contribution in [1.29, 1.82) is 0 Å². The topological polar surface area (TPSA) is 222 Å². The maximum absolute atomic E-state index is 14.5. The zero-order valence-electron chi connectivity index (χ0n) is 29.8. The number of Topliss-reactive ketones (excluding diaryl/α,β-unsaturated/α-hetero) is 1. The van der Waals surface area contributed by atoms with E-state index in [-0.39, 0.29) is 12.2 Å². The van der Waals surface area contributed by atoms with Gasteiger partial charge in [0.05, 0.1) is 11.5 Å². The molecule has 0 radical (unpaired) electrons. The molecule has 0 aromatic rings. The number of hydrogen-bond acceptors (Lipinski definition) is 15. The normalized spacial score (nSPS) is 51.5. The number of allylic oxidation sites excluding steroid dienone is 1. The molecule has 51 heavy (non-hydrogen) atoms. The smallest absolute Gasteiger partial charge is 0.343 e. The van der Waals surface area contributed by atoms with E-state index in [1.165, 1.54) is 27.7 Å². The molecule has 6 fully saturated rings. The van der Waals surface area contributed by atoms with Crippen molar-refractivity contribution in [3.8, 4) is 0 Å². The number of aliphatic hydroxyl groups is 3. The largest absolute Gasteiger partial charge is 0.462 e. The third kappa shape index (κ3) is 4.50.